The third kappa shape index (κ3) is 5.19. The number of amidine groups is 1. The second-order valence-electron chi connectivity index (χ2n) is 8.98. The van der Waals surface area contributed by atoms with E-state index in [0.717, 1.165) is 24.5 Å². The van der Waals surface area contributed by atoms with E-state index in [1.807, 2.05) is 43.4 Å². The van der Waals surface area contributed by atoms with Crippen LogP contribution in [0.2, 0.25) is 0 Å². The van der Waals surface area contributed by atoms with Crippen molar-refractivity contribution < 1.29 is 19.0 Å². The number of ether oxygens (including phenoxy) is 3. The van der Waals surface area contributed by atoms with Crippen LogP contribution in [0.15, 0.2) is 77.8 Å². The molecule has 3 aromatic carbocycles. The first-order chi connectivity index (χ1) is 19.6. The van der Waals surface area contributed by atoms with Crippen molar-refractivity contribution in [2.24, 2.45) is 4.99 Å². The predicted octanol–water partition coefficient (Wildman–Crippen LogP) is 4.78. The Morgan fingerprint density at radius 3 is 2.58 bits per heavy atom. The van der Waals surface area contributed by atoms with Gasteiger partial charge in [-0.1, -0.05) is 30.3 Å². The highest BCUT2D eigenvalue weighted by molar-refractivity contribution is 6.01. The molecule has 2 aliphatic heterocycles. The van der Waals surface area contributed by atoms with Crippen LogP contribution in [0.25, 0.3) is 0 Å². The number of nitrogens with zero attached hydrogens (tertiary/aromatic N) is 5. The summed E-state index contributed by atoms with van der Waals surface area (Å²) in [6.45, 7) is 1.62. The van der Waals surface area contributed by atoms with Crippen molar-refractivity contribution in [3.05, 3.63) is 83.9 Å². The molecule has 2 aliphatic rings. The van der Waals surface area contributed by atoms with E-state index in [9.17, 15) is 10.1 Å². The lowest BCUT2D eigenvalue weighted by molar-refractivity contribution is -0.114. The first-order valence-electron chi connectivity index (χ1n) is 12.5. The number of carbonyl (C=O) groups excluding carboxylic acids is 1. The van der Waals surface area contributed by atoms with Crippen LogP contribution in [0.1, 0.15) is 11.1 Å². The standard InChI is InChI=1S/C29H23N7O4/c1-36-13-12-31-27(36)19-6-5-9-21(15-19)39-29-34-26-25(33-24(37)17-32-26)28(35-29)40-23-14-18(16-30)10-11-22(23)38-20-7-3-2-4-8-20/h2-11,14-15H,12-13,17H2,1H3,(H,33,37)(H,32,34,35). The highest BCUT2D eigenvalue weighted by Gasteiger charge is 2.25. The van der Waals surface area contributed by atoms with E-state index in [4.69, 9.17) is 14.2 Å². The summed E-state index contributed by atoms with van der Waals surface area (Å²) in [6, 6.07) is 23.5. The quantitative estimate of drug-likeness (QED) is 0.344. The maximum Gasteiger partial charge on any atom is 0.327 e. The summed E-state index contributed by atoms with van der Waals surface area (Å²) in [6.07, 6.45) is 0. The summed E-state index contributed by atoms with van der Waals surface area (Å²) in [7, 11) is 1.99. The van der Waals surface area contributed by atoms with Crippen molar-refractivity contribution in [3.63, 3.8) is 0 Å². The minimum Gasteiger partial charge on any atom is -0.453 e. The number of hydrogen-bond acceptors (Lipinski definition) is 10. The van der Waals surface area contributed by atoms with Gasteiger partial charge in [-0.25, -0.2) is 0 Å². The van der Waals surface area contributed by atoms with Gasteiger partial charge in [0.1, 0.15) is 23.0 Å². The lowest BCUT2D eigenvalue weighted by atomic mass is 10.2. The summed E-state index contributed by atoms with van der Waals surface area (Å²) in [5.74, 6) is 2.61. The van der Waals surface area contributed by atoms with Gasteiger partial charge in [-0.05, 0) is 36.4 Å². The zero-order valence-corrected chi connectivity index (χ0v) is 21.4. The molecule has 198 valence electrons. The molecule has 0 radical (unpaired) electrons. The average Bonchev–Trinajstić information content (AvgIpc) is 3.41. The molecular weight excluding hydrogens is 510 g/mol. The smallest absolute Gasteiger partial charge is 0.327 e. The number of aromatic nitrogens is 2. The van der Waals surface area contributed by atoms with Crippen LogP contribution in [0, 0.1) is 11.3 Å². The second kappa shape index (κ2) is 10.6. The second-order valence-corrected chi connectivity index (χ2v) is 8.98. The van der Waals surface area contributed by atoms with E-state index in [2.05, 4.69) is 36.6 Å². The molecule has 6 rings (SSSR count). The first kappa shape index (κ1) is 24.7. The molecule has 4 aromatic rings. The van der Waals surface area contributed by atoms with Gasteiger partial charge in [-0.15, -0.1) is 0 Å². The maximum atomic E-state index is 12.2. The number of amides is 1. The third-order valence-corrected chi connectivity index (χ3v) is 6.15. The van der Waals surface area contributed by atoms with Gasteiger partial charge in [-0.2, -0.15) is 15.2 Å². The van der Waals surface area contributed by atoms with Gasteiger partial charge in [0, 0.05) is 25.2 Å². The molecule has 40 heavy (non-hydrogen) atoms. The molecule has 0 bridgehead atoms. The van der Waals surface area contributed by atoms with Crippen molar-refractivity contribution in [3.8, 4) is 41.0 Å². The number of carbonyl (C=O) groups is 1. The zero-order valence-electron chi connectivity index (χ0n) is 21.4. The first-order valence-corrected chi connectivity index (χ1v) is 12.5. The molecule has 11 nitrogen and oxygen atoms in total. The van der Waals surface area contributed by atoms with E-state index < -0.39 is 0 Å². The van der Waals surface area contributed by atoms with E-state index in [1.165, 1.54) is 6.07 Å². The normalized spacial score (nSPS) is 13.8. The summed E-state index contributed by atoms with van der Waals surface area (Å²) < 4.78 is 18.2. The van der Waals surface area contributed by atoms with Crippen molar-refractivity contribution in [1.29, 1.82) is 5.26 Å². The highest BCUT2D eigenvalue weighted by atomic mass is 16.5. The molecule has 1 amide bonds. The summed E-state index contributed by atoms with van der Waals surface area (Å²) in [5.41, 5.74) is 1.51. The molecule has 0 fully saturated rings. The van der Waals surface area contributed by atoms with Gasteiger partial charge in [0.2, 0.25) is 5.91 Å². The van der Waals surface area contributed by atoms with E-state index in [1.54, 1.807) is 30.3 Å². The van der Waals surface area contributed by atoms with Gasteiger partial charge in [0.05, 0.1) is 24.7 Å². The van der Waals surface area contributed by atoms with Crippen LogP contribution in [-0.4, -0.2) is 53.3 Å². The molecule has 0 saturated carbocycles. The van der Waals surface area contributed by atoms with Gasteiger partial charge >= 0.3 is 6.01 Å². The number of nitrogens with one attached hydrogen (secondary N) is 2. The fraction of sp³-hybridized carbons (Fsp3) is 0.138. The Labute approximate surface area is 229 Å². The Kier molecular flexibility index (Phi) is 6.56. The van der Waals surface area contributed by atoms with E-state index in [0.29, 0.717) is 28.6 Å². The number of hydrogen-bond donors (Lipinski definition) is 2. The molecule has 0 unspecified atom stereocenters. The molecular formula is C29H23N7O4. The molecule has 0 aliphatic carbocycles. The zero-order chi connectivity index (χ0) is 27.5. The largest absolute Gasteiger partial charge is 0.453 e. The molecule has 1 aromatic heterocycles. The van der Waals surface area contributed by atoms with Crippen LogP contribution in [0.5, 0.6) is 34.9 Å². The SMILES string of the molecule is CN1CCN=C1c1cccc(Oc2nc3c(c(Oc4cc(C#N)ccc4Oc4ccccc4)n2)NC(=O)CN3)c1. The van der Waals surface area contributed by atoms with Gasteiger partial charge in [-0.3, -0.25) is 9.79 Å². The molecule has 11 heteroatoms. The Morgan fingerprint density at radius 2 is 1.77 bits per heavy atom. The Balaban J connectivity index is 1.36. The number of nitriles is 1. The van der Waals surface area contributed by atoms with Gasteiger partial charge in [0.15, 0.2) is 17.3 Å². The molecule has 0 atom stereocenters. The number of benzene rings is 3. The molecule has 2 N–H and O–H groups in total. The lowest BCUT2D eigenvalue weighted by Gasteiger charge is -2.21. The highest BCUT2D eigenvalue weighted by Crippen LogP contribution is 2.41. The van der Waals surface area contributed by atoms with Crippen molar-refractivity contribution in [2.45, 2.75) is 0 Å². The Hall–Kier alpha value is -5.63. The summed E-state index contributed by atoms with van der Waals surface area (Å²) in [4.78, 5) is 27.8. The number of fused-ring (bicyclic) bond motifs is 1. The number of aliphatic imine (C=N–C) groups is 1. The van der Waals surface area contributed by atoms with Crippen LogP contribution >= 0.6 is 0 Å². The third-order valence-electron chi connectivity index (χ3n) is 6.15. The monoisotopic (exact) mass is 533 g/mol. The maximum absolute atomic E-state index is 12.2. The minimum absolute atomic E-state index is 0.00164. The Bertz CT molecular complexity index is 1670. The van der Waals surface area contributed by atoms with Gasteiger partial charge < -0.3 is 29.7 Å². The van der Waals surface area contributed by atoms with Crippen LogP contribution < -0.4 is 24.8 Å². The van der Waals surface area contributed by atoms with Crippen LogP contribution in [-0.2, 0) is 4.79 Å². The minimum atomic E-state index is -0.282. The molecule has 0 spiro atoms. The van der Waals surface area contributed by atoms with Crippen molar-refractivity contribution in [1.82, 2.24) is 14.9 Å². The number of likely N-dealkylation sites (N-methyl/N-ethyl adjacent to an activating group) is 1. The predicted molar refractivity (Wildman–Crippen MR) is 147 cm³/mol. The number of para-hydroxylation sites is 1. The van der Waals surface area contributed by atoms with Crippen LogP contribution in [0.4, 0.5) is 11.5 Å². The summed E-state index contributed by atoms with van der Waals surface area (Å²) in [5, 5.41) is 15.2. The lowest BCUT2D eigenvalue weighted by Crippen LogP contribution is -2.28. The number of rotatable bonds is 7. The average molecular weight is 534 g/mol. The van der Waals surface area contributed by atoms with E-state index >= 15 is 0 Å². The van der Waals surface area contributed by atoms with Crippen molar-refractivity contribution in [2.75, 3.05) is 37.3 Å². The fourth-order valence-corrected chi connectivity index (χ4v) is 4.24. The summed E-state index contributed by atoms with van der Waals surface area (Å²) >= 11 is 0. The van der Waals surface area contributed by atoms with Gasteiger partial charge in [0.25, 0.3) is 5.88 Å². The Morgan fingerprint density at radius 1 is 0.925 bits per heavy atom. The fourth-order valence-electron chi connectivity index (χ4n) is 4.24. The number of anilines is 2. The topological polar surface area (TPSA) is 134 Å². The van der Waals surface area contributed by atoms with E-state index in [-0.39, 0.29) is 35.8 Å². The molecule has 3 heterocycles. The molecule has 0 saturated heterocycles. The van der Waals surface area contributed by atoms with Crippen LogP contribution in [0.3, 0.4) is 0 Å². The van der Waals surface area contributed by atoms with Crippen molar-refractivity contribution >= 4 is 23.2 Å².